The van der Waals surface area contributed by atoms with Crippen molar-refractivity contribution < 1.29 is 28.6 Å². The molecule has 0 aromatic carbocycles. The zero-order chi connectivity index (χ0) is 53.6. The number of carbonyl (C=O) groups excluding carboxylic acids is 3. The maximum Gasteiger partial charge on any atom is 0.306 e. The quantitative estimate of drug-likeness (QED) is 0.0261. The summed E-state index contributed by atoms with van der Waals surface area (Å²) < 4.78 is 16.9. The fourth-order valence-electron chi connectivity index (χ4n) is 8.20. The van der Waals surface area contributed by atoms with Gasteiger partial charge in [-0.05, 0) is 109 Å². The second-order valence-electron chi connectivity index (χ2n) is 19.9. The number of esters is 3. The third kappa shape index (κ3) is 58.7. The van der Waals surface area contributed by atoms with Gasteiger partial charge in [-0.25, -0.2) is 0 Å². The summed E-state index contributed by atoms with van der Waals surface area (Å²) in [6.07, 6.45) is 84.8. The molecule has 0 aromatic heterocycles. The molecule has 0 aromatic rings. The van der Waals surface area contributed by atoms with Gasteiger partial charge in [0, 0.05) is 19.3 Å². The second-order valence-corrected chi connectivity index (χ2v) is 19.9. The number of hydrogen-bond donors (Lipinski definition) is 0. The molecule has 6 nitrogen and oxygen atoms in total. The standard InChI is InChI=1S/C68H112O6/c1-4-7-10-13-16-19-22-24-26-28-30-32-34-36-38-40-42-44-46-49-52-55-58-61-67(70)73-64-65(63-72-66(69)60-57-54-51-48-21-18-15-12-9-6-3)74-68(71)62-59-56-53-50-47-45-43-41-39-37-35-33-31-29-27-25-23-20-17-14-11-8-5-2/h7-8,10-11,16-17,19-20,24-27,30-33,36-39,65H,4-6,9,12-15,18,21-23,28-29,34-35,40-64H2,1-3H3/b10-7-,11-8-,19-16-,20-17-,26-24-,27-25-,32-30-,33-31-,38-36-,39-37-. The van der Waals surface area contributed by atoms with Gasteiger partial charge in [-0.1, -0.05) is 264 Å². The number of hydrogen-bond acceptors (Lipinski definition) is 6. The van der Waals surface area contributed by atoms with Crippen LogP contribution in [-0.2, 0) is 28.6 Å². The molecule has 0 N–H and O–H groups in total. The zero-order valence-corrected chi connectivity index (χ0v) is 48.1. The summed E-state index contributed by atoms with van der Waals surface area (Å²) in [5.41, 5.74) is 0. The summed E-state index contributed by atoms with van der Waals surface area (Å²) in [4.78, 5) is 38.2. The Kier molecular flexibility index (Phi) is 57.9. The molecule has 0 aliphatic carbocycles. The van der Waals surface area contributed by atoms with Gasteiger partial charge in [0.25, 0.3) is 0 Å². The third-order valence-electron chi connectivity index (χ3n) is 12.7. The number of ether oxygens (including phenoxy) is 3. The van der Waals surface area contributed by atoms with Crippen molar-refractivity contribution in [1.29, 1.82) is 0 Å². The number of rotatable bonds is 54. The molecule has 74 heavy (non-hydrogen) atoms. The molecule has 0 bridgehead atoms. The van der Waals surface area contributed by atoms with Gasteiger partial charge in [0.05, 0.1) is 0 Å². The summed E-state index contributed by atoms with van der Waals surface area (Å²) in [5, 5.41) is 0. The van der Waals surface area contributed by atoms with Crippen molar-refractivity contribution in [1.82, 2.24) is 0 Å². The van der Waals surface area contributed by atoms with E-state index in [0.29, 0.717) is 19.3 Å². The SMILES string of the molecule is CC/C=C\C/C=C\C/C=C\C/C=C\C/C=C\CCCCCCCCCC(=O)OCC(COC(=O)CCCCCCCCCCCC)OC(=O)CCCCCCCCC/C=C\C/C=C\C/C=C\C/C=C\C/C=C\CC. The fraction of sp³-hybridized carbons (Fsp3) is 0.662. The van der Waals surface area contributed by atoms with Crippen LogP contribution in [0.25, 0.3) is 0 Å². The number of allylic oxidation sites excluding steroid dienone is 20. The van der Waals surface area contributed by atoms with Crippen LogP contribution < -0.4 is 0 Å². The Balaban J connectivity index is 4.35. The summed E-state index contributed by atoms with van der Waals surface area (Å²) >= 11 is 0. The Morgan fingerprint density at radius 3 is 0.824 bits per heavy atom. The Bertz CT molecular complexity index is 1550. The van der Waals surface area contributed by atoms with Crippen LogP contribution in [-0.4, -0.2) is 37.2 Å². The molecule has 0 spiro atoms. The molecule has 0 amide bonds. The van der Waals surface area contributed by atoms with Gasteiger partial charge in [0.2, 0.25) is 0 Å². The highest BCUT2D eigenvalue weighted by atomic mass is 16.6. The predicted octanol–water partition coefficient (Wildman–Crippen LogP) is 20.8. The highest BCUT2D eigenvalue weighted by Crippen LogP contribution is 2.15. The van der Waals surface area contributed by atoms with E-state index >= 15 is 0 Å². The van der Waals surface area contributed by atoms with Crippen LogP contribution in [0.1, 0.15) is 271 Å². The molecule has 420 valence electrons. The molecule has 0 saturated heterocycles. The molecule has 0 aliphatic heterocycles. The van der Waals surface area contributed by atoms with Crippen molar-refractivity contribution in [3.63, 3.8) is 0 Å². The molecule has 6 heteroatoms. The van der Waals surface area contributed by atoms with E-state index < -0.39 is 6.10 Å². The summed E-state index contributed by atoms with van der Waals surface area (Å²) in [7, 11) is 0. The van der Waals surface area contributed by atoms with Crippen molar-refractivity contribution in [2.24, 2.45) is 0 Å². The molecule has 0 heterocycles. The number of unbranched alkanes of at least 4 members (excludes halogenated alkanes) is 23. The Labute approximate surface area is 456 Å². The maximum absolute atomic E-state index is 12.9. The molecule has 0 fully saturated rings. The van der Waals surface area contributed by atoms with E-state index in [1.807, 2.05) is 0 Å². The minimum atomic E-state index is -0.791. The van der Waals surface area contributed by atoms with E-state index in [4.69, 9.17) is 14.2 Å². The van der Waals surface area contributed by atoms with Crippen LogP contribution >= 0.6 is 0 Å². The molecule has 0 rings (SSSR count). The topological polar surface area (TPSA) is 78.9 Å². The fourth-order valence-corrected chi connectivity index (χ4v) is 8.20. The maximum atomic E-state index is 12.9. The first-order valence-electron chi connectivity index (χ1n) is 30.5. The molecule has 0 saturated carbocycles. The summed E-state index contributed by atoms with van der Waals surface area (Å²) in [5.74, 6) is -0.909. The smallest absolute Gasteiger partial charge is 0.306 e. The zero-order valence-electron chi connectivity index (χ0n) is 48.1. The number of carbonyl (C=O) groups is 3. The van der Waals surface area contributed by atoms with Gasteiger partial charge >= 0.3 is 17.9 Å². The Hall–Kier alpha value is -4.19. The first kappa shape index (κ1) is 69.8. The highest BCUT2D eigenvalue weighted by Gasteiger charge is 2.19. The molecule has 0 radical (unpaired) electrons. The van der Waals surface area contributed by atoms with Gasteiger partial charge in [-0.3, -0.25) is 14.4 Å². The van der Waals surface area contributed by atoms with E-state index in [-0.39, 0.29) is 31.1 Å². The Morgan fingerprint density at radius 1 is 0.284 bits per heavy atom. The van der Waals surface area contributed by atoms with Crippen LogP contribution in [0.5, 0.6) is 0 Å². The monoisotopic (exact) mass is 1020 g/mol. The molecular weight excluding hydrogens is 913 g/mol. The van der Waals surface area contributed by atoms with E-state index in [0.717, 1.165) is 135 Å². The third-order valence-corrected chi connectivity index (χ3v) is 12.7. The van der Waals surface area contributed by atoms with E-state index in [1.165, 1.54) is 96.3 Å². The lowest BCUT2D eigenvalue weighted by Crippen LogP contribution is -2.30. The lowest BCUT2D eigenvalue weighted by molar-refractivity contribution is -0.167. The average molecular weight is 1030 g/mol. The normalized spacial score (nSPS) is 13.0. The lowest BCUT2D eigenvalue weighted by Gasteiger charge is -2.18. The van der Waals surface area contributed by atoms with Crippen molar-refractivity contribution in [2.45, 2.75) is 277 Å². The van der Waals surface area contributed by atoms with Gasteiger partial charge in [0.1, 0.15) is 13.2 Å². The van der Waals surface area contributed by atoms with Crippen LogP contribution in [0.15, 0.2) is 122 Å². The minimum Gasteiger partial charge on any atom is -0.462 e. The van der Waals surface area contributed by atoms with Gasteiger partial charge in [-0.2, -0.15) is 0 Å². The van der Waals surface area contributed by atoms with Crippen molar-refractivity contribution >= 4 is 17.9 Å². The molecule has 1 unspecified atom stereocenters. The predicted molar refractivity (Wildman–Crippen MR) is 320 cm³/mol. The van der Waals surface area contributed by atoms with Crippen molar-refractivity contribution in [3.8, 4) is 0 Å². The molecule has 0 aliphatic rings. The van der Waals surface area contributed by atoms with E-state index in [2.05, 4.69) is 142 Å². The summed E-state index contributed by atoms with van der Waals surface area (Å²) in [6.45, 7) is 6.39. The highest BCUT2D eigenvalue weighted by molar-refractivity contribution is 5.71. The summed E-state index contributed by atoms with van der Waals surface area (Å²) in [6, 6.07) is 0. The lowest BCUT2D eigenvalue weighted by atomic mass is 10.1. The van der Waals surface area contributed by atoms with Crippen molar-refractivity contribution in [3.05, 3.63) is 122 Å². The van der Waals surface area contributed by atoms with Gasteiger partial charge in [0.15, 0.2) is 6.10 Å². The Morgan fingerprint density at radius 2 is 0.527 bits per heavy atom. The minimum absolute atomic E-state index is 0.0870. The van der Waals surface area contributed by atoms with E-state index in [9.17, 15) is 14.4 Å². The first-order valence-corrected chi connectivity index (χ1v) is 30.5. The van der Waals surface area contributed by atoms with Gasteiger partial charge in [-0.15, -0.1) is 0 Å². The van der Waals surface area contributed by atoms with Gasteiger partial charge < -0.3 is 14.2 Å². The largest absolute Gasteiger partial charge is 0.462 e. The van der Waals surface area contributed by atoms with Crippen LogP contribution in [0.4, 0.5) is 0 Å². The average Bonchev–Trinajstić information content (AvgIpc) is 3.40. The van der Waals surface area contributed by atoms with Crippen LogP contribution in [0.3, 0.4) is 0 Å². The van der Waals surface area contributed by atoms with E-state index in [1.54, 1.807) is 0 Å². The molecular formula is C68H112O6. The first-order chi connectivity index (χ1) is 36.5. The second kappa shape index (κ2) is 61.4. The van der Waals surface area contributed by atoms with Crippen molar-refractivity contribution in [2.75, 3.05) is 13.2 Å². The van der Waals surface area contributed by atoms with Crippen LogP contribution in [0, 0.1) is 0 Å². The molecule has 1 atom stereocenters. The van der Waals surface area contributed by atoms with Crippen LogP contribution in [0.2, 0.25) is 0 Å².